The SMILES string of the molecule is Cl.Cl.N=C1c2ccccc2NC1(N)c1ccccc1. The second kappa shape index (κ2) is 5.61. The number of nitrogens with two attached hydrogens (primary N) is 1. The molecular weight excluding hydrogens is 281 g/mol. The van der Waals surface area contributed by atoms with Gasteiger partial charge in [0, 0.05) is 11.3 Å². The van der Waals surface area contributed by atoms with Crippen LogP contribution in [0, 0.1) is 5.41 Å². The van der Waals surface area contributed by atoms with Gasteiger partial charge in [0.05, 0.1) is 5.71 Å². The van der Waals surface area contributed by atoms with E-state index in [1.165, 1.54) is 0 Å². The van der Waals surface area contributed by atoms with Crippen LogP contribution in [0.4, 0.5) is 5.69 Å². The lowest BCUT2D eigenvalue weighted by atomic mass is 9.94. The molecule has 3 rings (SSSR count). The molecular formula is C14H15Cl2N3. The zero-order valence-corrected chi connectivity index (χ0v) is 11.7. The third-order valence-corrected chi connectivity index (χ3v) is 3.15. The zero-order valence-electron chi connectivity index (χ0n) is 10.1. The highest BCUT2D eigenvalue weighted by atomic mass is 35.5. The number of fused-ring (bicyclic) bond motifs is 1. The molecule has 0 saturated heterocycles. The van der Waals surface area contributed by atoms with Gasteiger partial charge in [0.2, 0.25) is 0 Å². The maximum Gasteiger partial charge on any atom is 0.156 e. The van der Waals surface area contributed by atoms with Gasteiger partial charge in [-0.3, -0.25) is 5.73 Å². The molecule has 0 fully saturated rings. The van der Waals surface area contributed by atoms with Crippen LogP contribution in [0.2, 0.25) is 0 Å². The normalized spacial score (nSPS) is 19.7. The van der Waals surface area contributed by atoms with Crippen molar-refractivity contribution in [2.24, 2.45) is 5.73 Å². The average molecular weight is 296 g/mol. The van der Waals surface area contributed by atoms with Crippen LogP contribution < -0.4 is 11.1 Å². The number of benzene rings is 2. The predicted molar refractivity (Wildman–Crippen MR) is 83.7 cm³/mol. The number of anilines is 1. The third-order valence-electron chi connectivity index (χ3n) is 3.15. The number of hydrogen-bond donors (Lipinski definition) is 3. The molecule has 3 nitrogen and oxygen atoms in total. The molecule has 2 aromatic rings. The molecule has 19 heavy (non-hydrogen) atoms. The number of para-hydroxylation sites is 1. The molecule has 0 radical (unpaired) electrons. The summed E-state index contributed by atoms with van der Waals surface area (Å²) in [6, 6.07) is 17.4. The Morgan fingerprint density at radius 2 is 1.47 bits per heavy atom. The van der Waals surface area contributed by atoms with Gasteiger partial charge in [-0.15, -0.1) is 24.8 Å². The standard InChI is InChI=1S/C14H13N3.2ClH/c15-13-11-8-4-5-9-12(11)17-14(13,16)10-6-2-1-3-7-10;;/h1-9,15,17H,16H2;2*1H. The van der Waals surface area contributed by atoms with Crippen LogP contribution in [0.25, 0.3) is 0 Å². The predicted octanol–water partition coefficient (Wildman–Crippen LogP) is 3.14. The highest BCUT2D eigenvalue weighted by Crippen LogP contribution is 2.35. The van der Waals surface area contributed by atoms with Gasteiger partial charge in [-0.05, 0) is 11.6 Å². The Morgan fingerprint density at radius 1 is 0.895 bits per heavy atom. The van der Waals surface area contributed by atoms with E-state index in [-0.39, 0.29) is 24.8 Å². The number of nitrogens with one attached hydrogen (secondary N) is 2. The third kappa shape index (κ3) is 2.32. The lowest BCUT2D eigenvalue weighted by Crippen LogP contribution is -2.47. The van der Waals surface area contributed by atoms with Crippen LogP contribution in [0.5, 0.6) is 0 Å². The smallest absolute Gasteiger partial charge is 0.156 e. The number of hydrogen-bond acceptors (Lipinski definition) is 3. The maximum absolute atomic E-state index is 8.23. The Hall–Kier alpha value is -1.55. The van der Waals surface area contributed by atoms with E-state index in [1.54, 1.807) is 0 Å². The van der Waals surface area contributed by atoms with E-state index in [0.29, 0.717) is 5.71 Å². The van der Waals surface area contributed by atoms with Gasteiger partial charge >= 0.3 is 0 Å². The van der Waals surface area contributed by atoms with E-state index >= 15 is 0 Å². The van der Waals surface area contributed by atoms with E-state index < -0.39 is 5.66 Å². The molecule has 1 heterocycles. The first-order valence-electron chi connectivity index (χ1n) is 5.53. The van der Waals surface area contributed by atoms with Crippen molar-refractivity contribution in [3.63, 3.8) is 0 Å². The summed E-state index contributed by atoms with van der Waals surface area (Å²) in [7, 11) is 0. The van der Waals surface area contributed by atoms with Gasteiger partial charge in [-0.2, -0.15) is 0 Å². The minimum absolute atomic E-state index is 0. The summed E-state index contributed by atoms with van der Waals surface area (Å²) < 4.78 is 0. The van der Waals surface area contributed by atoms with Crippen LogP contribution in [-0.4, -0.2) is 5.71 Å². The Kier molecular flexibility index (Phi) is 4.58. The fourth-order valence-electron chi connectivity index (χ4n) is 2.22. The fraction of sp³-hybridized carbons (Fsp3) is 0.0714. The van der Waals surface area contributed by atoms with Gasteiger partial charge in [0.15, 0.2) is 5.66 Å². The first kappa shape index (κ1) is 15.5. The Morgan fingerprint density at radius 3 is 2.11 bits per heavy atom. The number of halogens is 2. The average Bonchev–Trinajstić information content (AvgIpc) is 2.65. The van der Waals surface area contributed by atoms with Crippen LogP contribution in [0.3, 0.4) is 0 Å². The van der Waals surface area contributed by atoms with Crippen LogP contribution in [0.1, 0.15) is 11.1 Å². The summed E-state index contributed by atoms with van der Waals surface area (Å²) in [6.07, 6.45) is 0. The summed E-state index contributed by atoms with van der Waals surface area (Å²) in [5.41, 5.74) is 8.54. The lowest BCUT2D eigenvalue weighted by molar-refractivity contribution is 0.708. The summed E-state index contributed by atoms with van der Waals surface area (Å²) >= 11 is 0. The Bertz CT molecular complexity index is 586. The molecule has 1 unspecified atom stereocenters. The van der Waals surface area contributed by atoms with E-state index in [0.717, 1.165) is 16.8 Å². The van der Waals surface area contributed by atoms with Crippen molar-refractivity contribution in [3.8, 4) is 0 Å². The summed E-state index contributed by atoms with van der Waals surface area (Å²) in [6.45, 7) is 0. The Balaban J connectivity index is 0.000000902. The van der Waals surface area contributed by atoms with E-state index in [1.807, 2.05) is 54.6 Å². The van der Waals surface area contributed by atoms with Crippen molar-refractivity contribution in [3.05, 3.63) is 65.7 Å². The molecule has 100 valence electrons. The minimum Gasteiger partial charge on any atom is -0.358 e. The van der Waals surface area contributed by atoms with Crippen molar-refractivity contribution < 1.29 is 0 Å². The van der Waals surface area contributed by atoms with E-state index in [9.17, 15) is 0 Å². The minimum atomic E-state index is -0.912. The molecule has 0 spiro atoms. The number of rotatable bonds is 1. The second-order valence-electron chi connectivity index (χ2n) is 4.22. The fourth-order valence-corrected chi connectivity index (χ4v) is 2.22. The van der Waals surface area contributed by atoms with Gasteiger partial charge in [0.1, 0.15) is 0 Å². The van der Waals surface area contributed by atoms with E-state index in [2.05, 4.69) is 5.32 Å². The van der Waals surface area contributed by atoms with Crippen LogP contribution >= 0.6 is 24.8 Å². The largest absolute Gasteiger partial charge is 0.358 e. The molecule has 1 aliphatic rings. The van der Waals surface area contributed by atoms with Crippen molar-refractivity contribution in [2.75, 3.05) is 5.32 Å². The topological polar surface area (TPSA) is 61.9 Å². The summed E-state index contributed by atoms with van der Waals surface area (Å²) in [5.74, 6) is 0. The zero-order chi connectivity index (χ0) is 11.9. The van der Waals surface area contributed by atoms with Gasteiger partial charge in [0.25, 0.3) is 0 Å². The molecule has 4 N–H and O–H groups in total. The second-order valence-corrected chi connectivity index (χ2v) is 4.22. The van der Waals surface area contributed by atoms with Gasteiger partial charge in [-0.25, -0.2) is 0 Å². The van der Waals surface area contributed by atoms with Crippen molar-refractivity contribution in [2.45, 2.75) is 5.66 Å². The molecule has 0 aromatic heterocycles. The lowest BCUT2D eigenvalue weighted by Gasteiger charge is -2.25. The molecule has 2 aromatic carbocycles. The first-order valence-corrected chi connectivity index (χ1v) is 5.53. The molecule has 1 atom stereocenters. The highest BCUT2D eigenvalue weighted by molar-refractivity contribution is 6.14. The van der Waals surface area contributed by atoms with Crippen LogP contribution in [-0.2, 0) is 5.66 Å². The van der Waals surface area contributed by atoms with Gasteiger partial charge < -0.3 is 10.7 Å². The van der Waals surface area contributed by atoms with Gasteiger partial charge in [-0.1, -0.05) is 48.5 Å². The van der Waals surface area contributed by atoms with E-state index in [4.69, 9.17) is 11.1 Å². The first-order chi connectivity index (χ1) is 8.22. The summed E-state index contributed by atoms with van der Waals surface area (Å²) in [5, 5.41) is 11.5. The highest BCUT2D eigenvalue weighted by Gasteiger charge is 2.39. The monoisotopic (exact) mass is 295 g/mol. The van der Waals surface area contributed by atoms with Crippen molar-refractivity contribution in [1.29, 1.82) is 5.41 Å². The molecule has 0 aliphatic carbocycles. The molecule has 0 amide bonds. The maximum atomic E-state index is 8.23. The molecule has 0 bridgehead atoms. The Labute approximate surface area is 124 Å². The van der Waals surface area contributed by atoms with Crippen LogP contribution in [0.15, 0.2) is 54.6 Å². The van der Waals surface area contributed by atoms with Crippen molar-refractivity contribution >= 4 is 36.2 Å². The summed E-state index contributed by atoms with van der Waals surface area (Å²) in [4.78, 5) is 0. The molecule has 1 aliphatic heterocycles. The van der Waals surface area contributed by atoms with Crippen molar-refractivity contribution in [1.82, 2.24) is 0 Å². The molecule has 5 heteroatoms. The molecule has 0 saturated carbocycles. The quantitative estimate of drug-likeness (QED) is 0.757.